The van der Waals surface area contributed by atoms with Gasteiger partial charge in [0.2, 0.25) is 0 Å². The summed E-state index contributed by atoms with van der Waals surface area (Å²) < 4.78 is 6.03. The Hall–Kier alpha value is -0.540. The summed E-state index contributed by atoms with van der Waals surface area (Å²) in [7, 11) is 0. The van der Waals surface area contributed by atoms with E-state index in [9.17, 15) is 0 Å². The quantitative estimate of drug-likeness (QED) is 0.807. The van der Waals surface area contributed by atoms with Crippen molar-refractivity contribution in [3.63, 3.8) is 0 Å². The molecule has 0 unspecified atom stereocenters. The highest BCUT2D eigenvalue weighted by atomic mass is 79.9. The molecule has 0 aliphatic carbocycles. The Morgan fingerprint density at radius 3 is 2.92 bits per heavy atom. The van der Waals surface area contributed by atoms with E-state index in [-0.39, 0.29) is 6.04 Å². The lowest BCUT2D eigenvalue weighted by Crippen LogP contribution is -2.08. The Kier molecular flexibility index (Phi) is 3.56. The number of furan rings is 1. The van der Waals surface area contributed by atoms with Crippen LogP contribution >= 0.6 is 15.9 Å². The first-order valence-electron chi connectivity index (χ1n) is 3.85. The average molecular weight is 230 g/mol. The monoisotopic (exact) mass is 229 g/mol. The molecule has 1 rings (SSSR count). The lowest BCUT2D eigenvalue weighted by Gasteiger charge is -2.05. The van der Waals surface area contributed by atoms with E-state index in [0.717, 1.165) is 23.3 Å². The number of rotatable bonds is 4. The molecule has 1 aromatic rings. The molecule has 0 aliphatic rings. The average Bonchev–Trinajstić information content (AvgIpc) is 2.47. The van der Waals surface area contributed by atoms with Gasteiger partial charge in [0.25, 0.3) is 0 Å². The van der Waals surface area contributed by atoms with Gasteiger partial charge in [0.1, 0.15) is 5.76 Å². The van der Waals surface area contributed by atoms with E-state index in [4.69, 9.17) is 10.2 Å². The van der Waals surface area contributed by atoms with Crippen LogP contribution in [-0.4, -0.2) is 0 Å². The molecule has 0 aromatic carbocycles. The summed E-state index contributed by atoms with van der Waals surface area (Å²) in [5.41, 5.74) is 5.83. The topological polar surface area (TPSA) is 39.2 Å². The second-order valence-corrected chi connectivity index (χ2v) is 3.40. The Bertz CT molecular complexity index is 257. The van der Waals surface area contributed by atoms with Gasteiger partial charge in [-0.15, -0.1) is 6.58 Å². The van der Waals surface area contributed by atoms with Crippen LogP contribution in [0.25, 0.3) is 0 Å². The lowest BCUT2D eigenvalue weighted by molar-refractivity contribution is 0.438. The first kappa shape index (κ1) is 9.55. The number of allylic oxidation sites excluding steroid dienone is 1. The van der Waals surface area contributed by atoms with Gasteiger partial charge in [0.15, 0.2) is 4.67 Å². The third-order valence-electron chi connectivity index (χ3n) is 1.64. The van der Waals surface area contributed by atoms with Gasteiger partial charge >= 0.3 is 0 Å². The first-order chi connectivity index (χ1) is 5.74. The van der Waals surface area contributed by atoms with Gasteiger partial charge < -0.3 is 10.2 Å². The fraction of sp³-hybridized carbons (Fsp3) is 0.333. The van der Waals surface area contributed by atoms with E-state index in [1.54, 1.807) is 0 Å². The van der Waals surface area contributed by atoms with Crippen molar-refractivity contribution in [1.29, 1.82) is 0 Å². The summed E-state index contributed by atoms with van der Waals surface area (Å²) in [6.45, 7) is 3.64. The molecule has 0 spiro atoms. The van der Waals surface area contributed by atoms with Gasteiger partial charge in [0.05, 0.1) is 6.04 Å². The maximum atomic E-state index is 5.83. The highest BCUT2D eigenvalue weighted by Gasteiger charge is 2.08. The van der Waals surface area contributed by atoms with Crippen molar-refractivity contribution in [2.75, 3.05) is 0 Å². The molecule has 0 radical (unpaired) electrons. The van der Waals surface area contributed by atoms with E-state index in [2.05, 4.69) is 22.5 Å². The van der Waals surface area contributed by atoms with Gasteiger partial charge in [-0.25, -0.2) is 0 Å². The molecule has 1 aromatic heterocycles. The minimum Gasteiger partial charge on any atom is -0.453 e. The summed E-state index contributed by atoms with van der Waals surface area (Å²) in [5.74, 6) is 0.823. The van der Waals surface area contributed by atoms with Gasteiger partial charge in [0, 0.05) is 0 Å². The van der Waals surface area contributed by atoms with Crippen molar-refractivity contribution < 1.29 is 4.42 Å². The van der Waals surface area contributed by atoms with Crippen LogP contribution in [0.1, 0.15) is 24.6 Å². The molecule has 2 nitrogen and oxygen atoms in total. The maximum absolute atomic E-state index is 5.83. The largest absolute Gasteiger partial charge is 0.453 e. The molecular formula is C9H12BrNO. The van der Waals surface area contributed by atoms with Crippen LogP contribution in [0.15, 0.2) is 33.9 Å². The SMILES string of the molecule is C=CCC[C@H](N)c1ccc(Br)o1. The molecule has 1 atom stereocenters. The fourth-order valence-corrected chi connectivity index (χ4v) is 1.29. The maximum Gasteiger partial charge on any atom is 0.169 e. The van der Waals surface area contributed by atoms with E-state index >= 15 is 0 Å². The van der Waals surface area contributed by atoms with Gasteiger partial charge in [-0.3, -0.25) is 0 Å². The zero-order valence-electron chi connectivity index (χ0n) is 6.79. The minimum atomic E-state index is -0.0192. The molecule has 0 amide bonds. The third-order valence-corrected chi connectivity index (χ3v) is 2.07. The van der Waals surface area contributed by atoms with Crippen LogP contribution in [0, 0.1) is 0 Å². The fourth-order valence-electron chi connectivity index (χ4n) is 0.967. The van der Waals surface area contributed by atoms with E-state index < -0.39 is 0 Å². The van der Waals surface area contributed by atoms with Crippen molar-refractivity contribution in [2.45, 2.75) is 18.9 Å². The smallest absolute Gasteiger partial charge is 0.169 e. The van der Waals surface area contributed by atoms with E-state index in [1.165, 1.54) is 0 Å². The highest BCUT2D eigenvalue weighted by Crippen LogP contribution is 2.21. The summed E-state index contributed by atoms with van der Waals surface area (Å²) in [4.78, 5) is 0. The van der Waals surface area contributed by atoms with Gasteiger partial charge in [-0.2, -0.15) is 0 Å². The summed E-state index contributed by atoms with van der Waals surface area (Å²) in [5, 5.41) is 0. The predicted molar refractivity (Wildman–Crippen MR) is 52.8 cm³/mol. The molecular weight excluding hydrogens is 218 g/mol. The zero-order valence-corrected chi connectivity index (χ0v) is 8.38. The predicted octanol–water partition coefficient (Wildman–Crippen LogP) is 3.01. The number of halogens is 1. The van der Waals surface area contributed by atoms with Crippen LogP contribution < -0.4 is 5.73 Å². The summed E-state index contributed by atoms with van der Waals surface area (Å²) in [6, 6.07) is 3.72. The molecule has 2 N–H and O–H groups in total. The summed E-state index contributed by atoms with van der Waals surface area (Å²) in [6.07, 6.45) is 3.65. The number of nitrogens with two attached hydrogens (primary N) is 1. The second kappa shape index (κ2) is 4.48. The molecule has 3 heteroatoms. The zero-order chi connectivity index (χ0) is 8.97. The molecule has 0 saturated carbocycles. The van der Waals surface area contributed by atoms with Crippen molar-refractivity contribution in [3.05, 3.63) is 35.2 Å². The van der Waals surface area contributed by atoms with E-state index in [1.807, 2.05) is 18.2 Å². The van der Waals surface area contributed by atoms with Crippen LogP contribution in [0.5, 0.6) is 0 Å². The Morgan fingerprint density at radius 2 is 2.42 bits per heavy atom. The van der Waals surface area contributed by atoms with Crippen LogP contribution in [0.2, 0.25) is 0 Å². The van der Waals surface area contributed by atoms with Crippen molar-refractivity contribution in [2.24, 2.45) is 5.73 Å². The lowest BCUT2D eigenvalue weighted by atomic mass is 10.1. The molecule has 0 fully saturated rings. The Balaban J connectivity index is 2.52. The van der Waals surface area contributed by atoms with Gasteiger partial charge in [-0.05, 0) is 40.9 Å². The normalized spacial score (nSPS) is 12.8. The van der Waals surface area contributed by atoms with Crippen LogP contribution in [0.4, 0.5) is 0 Å². The van der Waals surface area contributed by atoms with Crippen molar-refractivity contribution in [3.8, 4) is 0 Å². The number of hydrogen-bond acceptors (Lipinski definition) is 2. The Labute approximate surface area is 80.6 Å². The molecule has 0 bridgehead atoms. The molecule has 12 heavy (non-hydrogen) atoms. The Morgan fingerprint density at radius 1 is 1.67 bits per heavy atom. The summed E-state index contributed by atoms with van der Waals surface area (Å²) >= 11 is 3.23. The third kappa shape index (κ3) is 2.50. The van der Waals surface area contributed by atoms with Crippen LogP contribution in [-0.2, 0) is 0 Å². The number of hydrogen-bond donors (Lipinski definition) is 1. The van der Waals surface area contributed by atoms with Crippen LogP contribution in [0.3, 0.4) is 0 Å². The molecule has 1 heterocycles. The highest BCUT2D eigenvalue weighted by molar-refractivity contribution is 9.10. The van der Waals surface area contributed by atoms with Crippen molar-refractivity contribution >= 4 is 15.9 Å². The standard InChI is InChI=1S/C9H12BrNO/c1-2-3-4-7(11)8-5-6-9(10)12-8/h2,5-7H,1,3-4,11H2/t7-/m0/s1. The molecule has 0 aliphatic heterocycles. The van der Waals surface area contributed by atoms with Gasteiger partial charge in [-0.1, -0.05) is 6.08 Å². The first-order valence-corrected chi connectivity index (χ1v) is 4.65. The minimum absolute atomic E-state index is 0.0192. The second-order valence-electron chi connectivity index (χ2n) is 2.61. The van der Waals surface area contributed by atoms with E-state index in [0.29, 0.717) is 0 Å². The molecule has 66 valence electrons. The molecule has 0 saturated heterocycles. The van der Waals surface area contributed by atoms with Crippen molar-refractivity contribution in [1.82, 2.24) is 0 Å².